The Balaban J connectivity index is 1.71. The van der Waals surface area contributed by atoms with E-state index in [0.717, 1.165) is 17.5 Å². The summed E-state index contributed by atoms with van der Waals surface area (Å²) in [7, 11) is 0. The Kier molecular flexibility index (Phi) is 3.57. The van der Waals surface area contributed by atoms with E-state index in [0.29, 0.717) is 23.0 Å². The molecule has 1 aliphatic heterocycles. The first-order valence-electron chi connectivity index (χ1n) is 8.01. The minimum atomic E-state index is -0.472. The van der Waals surface area contributed by atoms with Crippen molar-refractivity contribution in [1.82, 2.24) is 4.90 Å². The number of likely N-dealkylation sites (tertiary alicyclic amines) is 1. The van der Waals surface area contributed by atoms with Crippen molar-refractivity contribution in [1.29, 1.82) is 0 Å². The lowest BCUT2D eigenvalue weighted by molar-refractivity contribution is -0.122. The predicted octanol–water partition coefficient (Wildman–Crippen LogP) is 2.95. The van der Waals surface area contributed by atoms with Crippen molar-refractivity contribution in [2.75, 3.05) is 6.54 Å². The molecule has 3 atom stereocenters. The van der Waals surface area contributed by atoms with E-state index in [4.69, 9.17) is 17.3 Å². The van der Waals surface area contributed by atoms with Gasteiger partial charge in [0.05, 0.1) is 0 Å². The van der Waals surface area contributed by atoms with Crippen LogP contribution < -0.4 is 5.73 Å². The topological polar surface area (TPSA) is 63.4 Å². The van der Waals surface area contributed by atoms with Gasteiger partial charge in [0.1, 0.15) is 6.04 Å². The SMILES string of the molecule is NC(=O)[C@@H]1[C@@H]2C[C@@H]2CN1C(=O)c1ccccc1-c1ccc(Cl)cc1. The summed E-state index contributed by atoms with van der Waals surface area (Å²) in [4.78, 5) is 26.5. The molecule has 0 spiro atoms. The monoisotopic (exact) mass is 340 g/mol. The fraction of sp³-hybridized carbons (Fsp3) is 0.263. The third-order valence-corrected chi connectivity index (χ3v) is 5.27. The number of amides is 2. The zero-order valence-corrected chi connectivity index (χ0v) is 13.7. The molecule has 122 valence electrons. The van der Waals surface area contributed by atoms with Crippen LogP contribution in [0.15, 0.2) is 48.5 Å². The third-order valence-electron chi connectivity index (χ3n) is 5.01. The lowest BCUT2D eigenvalue weighted by atomic mass is 9.98. The third kappa shape index (κ3) is 2.47. The van der Waals surface area contributed by atoms with Crippen LogP contribution in [0.2, 0.25) is 5.02 Å². The van der Waals surface area contributed by atoms with E-state index in [-0.39, 0.29) is 11.8 Å². The second-order valence-electron chi connectivity index (χ2n) is 6.52. The fourth-order valence-corrected chi connectivity index (χ4v) is 3.87. The number of hydrogen-bond acceptors (Lipinski definition) is 2. The lowest BCUT2D eigenvalue weighted by Gasteiger charge is -2.26. The Morgan fingerprint density at radius 2 is 1.79 bits per heavy atom. The largest absolute Gasteiger partial charge is 0.368 e. The molecule has 24 heavy (non-hydrogen) atoms. The highest BCUT2D eigenvalue weighted by atomic mass is 35.5. The molecule has 2 aromatic rings. The maximum absolute atomic E-state index is 13.1. The van der Waals surface area contributed by atoms with Gasteiger partial charge in [-0.2, -0.15) is 0 Å². The summed E-state index contributed by atoms with van der Waals surface area (Å²) in [6.07, 6.45) is 0.996. The van der Waals surface area contributed by atoms with Crippen LogP contribution in [-0.2, 0) is 4.79 Å². The second kappa shape index (κ2) is 5.64. The minimum absolute atomic E-state index is 0.128. The molecule has 0 unspecified atom stereocenters. The van der Waals surface area contributed by atoms with Crippen LogP contribution >= 0.6 is 11.6 Å². The molecular formula is C19H17ClN2O2. The maximum Gasteiger partial charge on any atom is 0.255 e. The number of hydrogen-bond donors (Lipinski definition) is 1. The van der Waals surface area contributed by atoms with Gasteiger partial charge in [-0.3, -0.25) is 9.59 Å². The van der Waals surface area contributed by atoms with Gasteiger partial charge < -0.3 is 10.6 Å². The average Bonchev–Trinajstić information content (AvgIpc) is 3.24. The summed E-state index contributed by atoms with van der Waals surface area (Å²) in [6.45, 7) is 0.617. The van der Waals surface area contributed by atoms with Crippen molar-refractivity contribution in [3.05, 3.63) is 59.1 Å². The van der Waals surface area contributed by atoms with Crippen LogP contribution in [0.25, 0.3) is 11.1 Å². The fourth-order valence-electron chi connectivity index (χ4n) is 3.74. The van der Waals surface area contributed by atoms with E-state index >= 15 is 0 Å². The summed E-state index contributed by atoms with van der Waals surface area (Å²) in [5.41, 5.74) is 7.89. The molecule has 1 saturated carbocycles. The van der Waals surface area contributed by atoms with E-state index in [2.05, 4.69) is 0 Å². The first-order valence-corrected chi connectivity index (χ1v) is 8.39. The van der Waals surface area contributed by atoms with Gasteiger partial charge in [-0.15, -0.1) is 0 Å². The summed E-state index contributed by atoms with van der Waals surface area (Å²) < 4.78 is 0. The molecule has 0 radical (unpaired) electrons. The minimum Gasteiger partial charge on any atom is -0.368 e. The molecule has 0 bridgehead atoms. The molecule has 1 heterocycles. The predicted molar refractivity (Wildman–Crippen MR) is 92.5 cm³/mol. The molecule has 4 nitrogen and oxygen atoms in total. The van der Waals surface area contributed by atoms with Crippen molar-refractivity contribution in [3.8, 4) is 11.1 Å². The van der Waals surface area contributed by atoms with Gasteiger partial charge in [0.25, 0.3) is 5.91 Å². The molecule has 2 amide bonds. The number of benzene rings is 2. The van der Waals surface area contributed by atoms with E-state index in [1.807, 2.05) is 30.3 Å². The normalized spacial score (nSPS) is 24.5. The molecule has 2 aliphatic rings. The zero-order chi connectivity index (χ0) is 16.8. The van der Waals surface area contributed by atoms with Gasteiger partial charge >= 0.3 is 0 Å². The number of piperidine rings is 1. The Morgan fingerprint density at radius 1 is 1.08 bits per heavy atom. The van der Waals surface area contributed by atoms with Crippen molar-refractivity contribution >= 4 is 23.4 Å². The van der Waals surface area contributed by atoms with E-state index < -0.39 is 11.9 Å². The Labute approximate surface area is 145 Å². The Morgan fingerprint density at radius 3 is 2.50 bits per heavy atom. The van der Waals surface area contributed by atoms with Crippen molar-refractivity contribution in [2.24, 2.45) is 17.6 Å². The molecule has 1 saturated heterocycles. The first-order chi connectivity index (χ1) is 11.6. The number of carbonyl (C=O) groups excluding carboxylic acids is 2. The molecule has 1 aliphatic carbocycles. The Bertz CT molecular complexity index is 818. The zero-order valence-electron chi connectivity index (χ0n) is 13.0. The van der Waals surface area contributed by atoms with Crippen LogP contribution in [0.4, 0.5) is 0 Å². The van der Waals surface area contributed by atoms with Crippen molar-refractivity contribution < 1.29 is 9.59 Å². The number of primary amides is 1. The van der Waals surface area contributed by atoms with Gasteiger partial charge in [-0.25, -0.2) is 0 Å². The summed E-state index contributed by atoms with van der Waals surface area (Å²) >= 11 is 5.95. The highest BCUT2D eigenvalue weighted by Gasteiger charge is 2.56. The van der Waals surface area contributed by atoms with Gasteiger partial charge in [-0.05, 0) is 47.6 Å². The molecule has 4 rings (SSSR count). The lowest BCUT2D eigenvalue weighted by Crippen LogP contribution is -2.46. The molecule has 2 N–H and O–H groups in total. The van der Waals surface area contributed by atoms with Crippen LogP contribution in [-0.4, -0.2) is 29.3 Å². The van der Waals surface area contributed by atoms with Crippen molar-refractivity contribution in [2.45, 2.75) is 12.5 Å². The molecular weight excluding hydrogens is 324 g/mol. The summed E-state index contributed by atoms with van der Waals surface area (Å²) in [5, 5.41) is 0.649. The summed E-state index contributed by atoms with van der Waals surface area (Å²) in [5.74, 6) is 0.136. The molecule has 0 aromatic heterocycles. The van der Waals surface area contributed by atoms with Gasteiger partial charge in [0.2, 0.25) is 5.91 Å². The number of nitrogens with zero attached hydrogens (tertiary/aromatic N) is 1. The van der Waals surface area contributed by atoms with Crippen LogP contribution in [0.5, 0.6) is 0 Å². The highest BCUT2D eigenvalue weighted by Crippen LogP contribution is 2.50. The number of fused-ring (bicyclic) bond motifs is 1. The van der Waals surface area contributed by atoms with E-state index in [1.165, 1.54) is 0 Å². The standard InChI is InChI=1S/C19H17ClN2O2/c20-13-7-5-11(6-8-13)14-3-1-2-4-15(14)19(24)22-10-12-9-16(12)17(22)18(21)23/h1-8,12,16-17H,9-10H2,(H2,21,23)/t12-,16-,17+/m1/s1. The van der Waals surface area contributed by atoms with Gasteiger partial charge in [-0.1, -0.05) is 41.9 Å². The summed E-state index contributed by atoms with van der Waals surface area (Å²) in [6, 6.07) is 14.4. The van der Waals surface area contributed by atoms with Crippen LogP contribution in [0.1, 0.15) is 16.8 Å². The quantitative estimate of drug-likeness (QED) is 0.933. The smallest absolute Gasteiger partial charge is 0.255 e. The number of nitrogens with two attached hydrogens (primary N) is 1. The number of carbonyl (C=O) groups is 2. The highest BCUT2D eigenvalue weighted by molar-refractivity contribution is 6.30. The van der Waals surface area contributed by atoms with Crippen molar-refractivity contribution in [3.63, 3.8) is 0 Å². The molecule has 5 heteroatoms. The van der Waals surface area contributed by atoms with Gasteiger partial charge in [0, 0.05) is 17.1 Å². The molecule has 2 aromatic carbocycles. The number of halogens is 1. The van der Waals surface area contributed by atoms with Crippen LogP contribution in [0, 0.1) is 11.8 Å². The average molecular weight is 341 g/mol. The van der Waals surface area contributed by atoms with Crippen LogP contribution in [0.3, 0.4) is 0 Å². The molecule has 2 fully saturated rings. The second-order valence-corrected chi connectivity index (χ2v) is 6.95. The number of rotatable bonds is 3. The maximum atomic E-state index is 13.1. The Hall–Kier alpha value is -2.33. The first kappa shape index (κ1) is 15.2. The van der Waals surface area contributed by atoms with E-state index in [1.54, 1.807) is 23.1 Å². The van der Waals surface area contributed by atoms with Gasteiger partial charge in [0.15, 0.2) is 0 Å². The van der Waals surface area contributed by atoms with E-state index in [9.17, 15) is 9.59 Å².